The lowest BCUT2D eigenvalue weighted by Gasteiger charge is -2.17. The highest BCUT2D eigenvalue weighted by atomic mass is 32.2. The molecule has 0 unspecified atom stereocenters. The first-order valence-corrected chi connectivity index (χ1v) is 11.2. The van der Waals surface area contributed by atoms with Crippen LogP contribution < -0.4 is 14.8 Å². The van der Waals surface area contributed by atoms with Crippen LogP contribution in [0, 0.1) is 34.9 Å². The van der Waals surface area contributed by atoms with E-state index in [0.29, 0.717) is 0 Å². The number of rotatable bonds is 3. The third kappa shape index (κ3) is 4.32. The van der Waals surface area contributed by atoms with Crippen LogP contribution >= 0.6 is 0 Å². The van der Waals surface area contributed by atoms with Gasteiger partial charge in [0.15, 0.2) is 11.4 Å². The molecule has 1 amide bonds. The van der Waals surface area contributed by atoms with Crippen LogP contribution in [0.5, 0.6) is 5.75 Å². The average Bonchev–Trinajstić information content (AvgIpc) is 3.52. The number of benzene rings is 1. The number of nitrogens with zero attached hydrogens (tertiary/aromatic N) is 2. The van der Waals surface area contributed by atoms with E-state index in [1.54, 1.807) is 6.07 Å². The zero-order chi connectivity index (χ0) is 23.0. The van der Waals surface area contributed by atoms with Crippen molar-refractivity contribution < 1.29 is 27.4 Å². The molecule has 2 aliphatic rings. The number of aliphatic hydroxyl groups is 1. The third-order valence-electron chi connectivity index (χ3n) is 5.06. The highest BCUT2D eigenvalue weighted by molar-refractivity contribution is 7.89. The normalized spacial score (nSPS) is 19.9. The van der Waals surface area contributed by atoms with Crippen LogP contribution in [0.4, 0.5) is 10.1 Å². The second-order valence-corrected chi connectivity index (χ2v) is 9.27. The van der Waals surface area contributed by atoms with E-state index in [4.69, 9.17) is 10.00 Å². The van der Waals surface area contributed by atoms with E-state index >= 15 is 0 Å². The highest BCUT2D eigenvalue weighted by Crippen LogP contribution is 2.33. The molecule has 1 fully saturated rings. The summed E-state index contributed by atoms with van der Waals surface area (Å²) in [6.45, 7) is -0.244. The predicted molar refractivity (Wildman–Crippen MR) is 111 cm³/mol. The average molecular weight is 458 g/mol. The number of nitriles is 1. The Morgan fingerprint density at radius 3 is 2.88 bits per heavy atom. The van der Waals surface area contributed by atoms with Gasteiger partial charge in [0.1, 0.15) is 29.5 Å². The highest BCUT2D eigenvalue weighted by Gasteiger charge is 2.36. The summed E-state index contributed by atoms with van der Waals surface area (Å²) >= 11 is 0. The molecular weight excluding hydrogens is 439 g/mol. The van der Waals surface area contributed by atoms with Crippen molar-refractivity contribution in [3.8, 4) is 23.7 Å². The molecule has 2 aromatic rings. The second kappa shape index (κ2) is 8.28. The fraction of sp³-hybridized carbons (Fsp3) is 0.333. The number of carbonyl (C=O) groups is 1. The van der Waals surface area contributed by atoms with Crippen molar-refractivity contribution in [1.29, 1.82) is 5.26 Å². The number of aliphatic hydroxyl groups excluding tert-OH is 1. The molecule has 0 spiro atoms. The monoisotopic (exact) mass is 458 g/mol. The summed E-state index contributed by atoms with van der Waals surface area (Å²) in [5, 5.41) is 21.8. The number of hydrogen-bond acceptors (Lipinski definition) is 6. The van der Waals surface area contributed by atoms with Gasteiger partial charge in [0.2, 0.25) is 10.0 Å². The Kier molecular flexibility index (Phi) is 5.65. The Bertz CT molecular complexity index is 1300. The van der Waals surface area contributed by atoms with Crippen LogP contribution in [0.2, 0.25) is 0 Å². The number of sulfonamides is 1. The Balaban J connectivity index is 1.61. The maximum Gasteiger partial charge on any atom is 0.276 e. The van der Waals surface area contributed by atoms with Crippen molar-refractivity contribution in [3.63, 3.8) is 0 Å². The van der Waals surface area contributed by atoms with Gasteiger partial charge in [-0.15, -0.1) is 0 Å². The fourth-order valence-corrected chi connectivity index (χ4v) is 4.63. The molecule has 1 aliphatic heterocycles. The molecule has 1 saturated carbocycles. The van der Waals surface area contributed by atoms with E-state index < -0.39 is 33.9 Å². The number of fused-ring (bicyclic) bond motifs is 1. The van der Waals surface area contributed by atoms with Crippen molar-refractivity contribution in [2.75, 3.05) is 11.9 Å². The zero-order valence-corrected chi connectivity index (χ0v) is 17.7. The molecule has 11 heteroatoms. The van der Waals surface area contributed by atoms with E-state index in [0.717, 1.165) is 18.9 Å². The van der Waals surface area contributed by atoms with Crippen LogP contribution in [0.15, 0.2) is 29.3 Å². The third-order valence-corrected chi connectivity index (χ3v) is 6.54. The first-order chi connectivity index (χ1) is 15.2. The van der Waals surface area contributed by atoms with Crippen LogP contribution in [0.25, 0.3) is 0 Å². The smallest absolute Gasteiger partial charge is 0.276 e. The maximum absolute atomic E-state index is 13.5. The SMILES string of the molecule is Cn1cc2c(c1C(=O)Nc1ccc(F)c(C#N)c1)OC[C@@H]([C@@H](O)C#CC1CC1)NS2(=O)=O. The first kappa shape index (κ1) is 21.8. The molecule has 1 aliphatic carbocycles. The number of nitrogens with one attached hydrogen (secondary N) is 2. The number of ether oxygens (including phenoxy) is 1. The molecule has 3 N–H and O–H groups in total. The number of aromatic nitrogens is 1. The number of hydrogen-bond donors (Lipinski definition) is 3. The van der Waals surface area contributed by atoms with Gasteiger partial charge in [0, 0.05) is 24.8 Å². The summed E-state index contributed by atoms with van der Waals surface area (Å²) in [4.78, 5) is 12.6. The van der Waals surface area contributed by atoms with Crippen LogP contribution in [-0.4, -0.2) is 42.8 Å². The standard InChI is InChI=1S/C21H19FN4O5S/c1-26-10-18-20(19(26)21(28)24-14-5-6-15(22)13(8-14)9-23)31-11-16(25-32(18,29)30)17(27)7-4-12-2-3-12/h5-6,8,10,12,16-17,25,27H,2-3,11H2,1H3,(H,24,28)/t16-,17-/m0/s1. The van der Waals surface area contributed by atoms with Gasteiger partial charge in [-0.2, -0.15) is 5.26 Å². The molecule has 1 aromatic carbocycles. The quantitative estimate of drug-likeness (QED) is 0.590. The summed E-state index contributed by atoms with van der Waals surface area (Å²) in [7, 11) is -2.64. The molecule has 0 bridgehead atoms. The van der Waals surface area contributed by atoms with Gasteiger partial charge in [-0.05, 0) is 31.0 Å². The van der Waals surface area contributed by atoms with E-state index in [1.807, 2.05) is 0 Å². The van der Waals surface area contributed by atoms with E-state index in [9.17, 15) is 22.7 Å². The van der Waals surface area contributed by atoms with Crippen molar-refractivity contribution in [1.82, 2.24) is 9.29 Å². The number of amides is 1. The molecule has 0 radical (unpaired) electrons. The van der Waals surface area contributed by atoms with Gasteiger partial charge in [-0.25, -0.2) is 17.5 Å². The van der Waals surface area contributed by atoms with Crippen molar-refractivity contribution in [3.05, 3.63) is 41.5 Å². The summed E-state index contributed by atoms with van der Waals surface area (Å²) in [6.07, 6.45) is 1.87. The van der Waals surface area contributed by atoms with Gasteiger partial charge in [-0.3, -0.25) is 4.79 Å². The van der Waals surface area contributed by atoms with Crippen LogP contribution in [0.3, 0.4) is 0 Å². The van der Waals surface area contributed by atoms with Gasteiger partial charge in [0.05, 0.1) is 11.6 Å². The molecule has 32 heavy (non-hydrogen) atoms. The lowest BCUT2D eigenvalue weighted by molar-refractivity contribution is 0.101. The Hall–Kier alpha value is -3.38. The number of anilines is 1. The number of halogens is 1. The van der Waals surface area contributed by atoms with Gasteiger partial charge in [-0.1, -0.05) is 11.8 Å². The van der Waals surface area contributed by atoms with Gasteiger partial charge >= 0.3 is 0 Å². The molecular formula is C21H19FN4O5S. The molecule has 2 heterocycles. The molecule has 0 saturated heterocycles. The Morgan fingerprint density at radius 2 is 2.19 bits per heavy atom. The predicted octanol–water partition coefficient (Wildman–Crippen LogP) is 1.10. The van der Waals surface area contributed by atoms with Crippen molar-refractivity contribution >= 4 is 21.6 Å². The minimum absolute atomic E-state index is 0.0904. The Morgan fingerprint density at radius 1 is 1.44 bits per heavy atom. The molecule has 1 aromatic heterocycles. The van der Waals surface area contributed by atoms with E-state index in [-0.39, 0.29) is 40.1 Å². The second-order valence-electron chi connectivity index (χ2n) is 7.59. The maximum atomic E-state index is 13.5. The first-order valence-electron chi connectivity index (χ1n) is 9.74. The van der Waals surface area contributed by atoms with Crippen molar-refractivity contribution in [2.45, 2.75) is 29.9 Å². The lowest BCUT2D eigenvalue weighted by Crippen LogP contribution is -2.45. The minimum atomic E-state index is -4.12. The summed E-state index contributed by atoms with van der Waals surface area (Å²) in [5.41, 5.74) is -0.186. The largest absolute Gasteiger partial charge is 0.488 e. The minimum Gasteiger partial charge on any atom is -0.488 e. The molecule has 4 rings (SSSR count). The molecule has 2 atom stereocenters. The summed E-state index contributed by atoms with van der Waals surface area (Å²) in [6, 6.07) is 4.15. The van der Waals surface area contributed by atoms with Crippen molar-refractivity contribution in [2.24, 2.45) is 13.0 Å². The van der Waals surface area contributed by atoms with Gasteiger partial charge < -0.3 is 19.7 Å². The van der Waals surface area contributed by atoms with Crippen LogP contribution in [-0.2, 0) is 17.1 Å². The zero-order valence-electron chi connectivity index (χ0n) is 16.9. The number of aryl methyl sites for hydroxylation is 1. The fourth-order valence-electron chi connectivity index (χ4n) is 3.21. The van der Waals surface area contributed by atoms with Gasteiger partial charge in [0.25, 0.3) is 5.91 Å². The summed E-state index contributed by atoms with van der Waals surface area (Å²) in [5.74, 6) is 4.15. The lowest BCUT2D eigenvalue weighted by atomic mass is 10.2. The topological polar surface area (TPSA) is 133 Å². The molecule has 9 nitrogen and oxygen atoms in total. The van der Waals surface area contributed by atoms with Crippen LogP contribution in [0.1, 0.15) is 28.9 Å². The Labute approximate surface area is 183 Å². The van der Waals surface area contributed by atoms with E-state index in [1.165, 1.54) is 29.9 Å². The molecule has 166 valence electrons. The summed E-state index contributed by atoms with van der Waals surface area (Å²) < 4.78 is 48.6. The van der Waals surface area contributed by atoms with E-state index in [2.05, 4.69) is 21.9 Å². The number of carbonyl (C=O) groups excluding carboxylic acids is 1.